The summed E-state index contributed by atoms with van der Waals surface area (Å²) in [5, 5.41) is 8.96. The molecule has 0 bridgehead atoms. The predicted molar refractivity (Wildman–Crippen MR) is 59.3 cm³/mol. The molecular formula is C12H16O3. The van der Waals surface area contributed by atoms with Crippen LogP contribution < -0.4 is 9.47 Å². The van der Waals surface area contributed by atoms with Crippen molar-refractivity contribution in [3.8, 4) is 11.5 Å². The molecule has 82 valence electrons. The van der Waals surface area contributed by atoms with Crippen molar-refractivity contribution < 1.29 is 14.6 Å². The van der Waals surface area contributed by atoms with Crippen LogP contribution >= 0.6 is 0 Å². The zero-order valence-corrected chi connectivity index (χ0v) is 9.01. The Hall–Kier alpha value is -1.48. The third-order valence-corrected chi connectivity index (χ3v) is 1.82. The quantitative estimate of drug-likeness (QED) is 0.752. The normalized spacial score (nSPS) is 12.7. The average Bonchev–Trinajstić information content (AvgIpc) is 2.25. The molecule has 15 heavy (non-hydrogen) atoms. The average molecular weight is 208 g/mol. The topological polar surface area (TPSA) is 38.7 Å². The lowest BCUT2D eigenvalue weighted by atomic mass is 10.3. The lowest BCUT2D eigenvalue weighted by Gasteiger charge is -2.04. The van der Waals surface area contributed by atoms with Gasteiger partial charge in [0.15, 0.2) is 0 Å². The number of rotatable bonds is 5. The Labute approximate surface area is 90.0 Å². The van der Waals surface area contributed by atoms with Crippen LogP contribution in [0.1, 0.15) is 6.92 Å². The second-order valence-electron chi connectivity index (χ2n) is 3.16. The SMILES string of the molecule is COc1ccc(OC/C=C/[C@H](C)O)cc1. The lowest BCUT2D eigenvalue weighted by molar-refractivity contribution is 0.242. The van der Waals surface area contributed by atoms with Crippen LogP contribution in [0.3, 0.4) is 0 Å². The summed E-state index contributed by atoms with van der Waals surface area (Å²) in [6.45, 7) is 2.15. The van der Waals surface area contributed by atoms with E-state index < -0.39 is 6.10 Å². The monoisotopic (exact) mass is 208 g/mol. The number of benzene rings is 1. The van der Waals surface area contributed by atoms with Gasteiger partial charge in [-0.05, 0) is 37.3 Å². The Morgan fingerprint density at radius 1 is 1.27 bits per heavy atom. The lowest BCUT2D eigenvalue weighted by Crippen LogP contribution is -1.97. The van der Waals surface area contributed by atoms with Crippen LogP contribution in [-0.2, 0) is 0 Å². The summed E-state index contributed by atoms with van der Waals surface area (Å²) in [7, 11) is 1.63. The summed E-state index contributed by atoms with van der Waals surface area (Å²) < 4.78 is 10.4. The van der Waals surface area contributed by atoms with Crippen molar-refractivity contribution in [3.63, 3.8) is 0 Å². The highest BCUT2D eigenvalue weighted by Crippen LogP contribution is 2.16. The van der Waals surface area contributed by atoms with E-state index in [1.54, 1.807) is 26.2 Å². The van der Waals surface area contributed by atoms with Crippen molar-refractivity contribution in [1.82, 2.24) is 0 Å². The van der Waals surface area contributed by atoms with E-state index >= 15 is 0 Å². The molecule has 1 N–H and O–H groups in total. The zero-order chi connectivity index (χ0) is 11.1. The molecule has 0 heterocycles. The first kappa shape index (κ1) is 11.6. The van der Waals surface area contributed by atoms with Crippen molar-refractivity contribution in [2.45, 2.75) is 13.0 Å². The second-order valence-corrected chi connectivity index (χ2v) is 3.16. The summed E-state index contributed by atoms with van der Waals surface area (Å²) in [5.74, 6) is 1.59. The molecule has 1 aromatic carbocycles. The van der Waals surface area contributed by atoms with Gasteiger partial charge in [0, 0.05) is 0 Å². The van der Waals surface area contributed by atoms with Crippen molar-refractivity contribution in [3.05, 3.63) is 36.4 Å². The van der Waals surface area contributed by atoms with Crippen molar-refractivity contribution >= 4 is 0 Å². The molecule has 3 heteroatoms. The molecule has 0 radical (unpaired) electrons. The first-order valence-electron chi connectivity index (χ1n) is 4.84. The number of hydrogen-bond donors (Lipinski definition) is 1. The van der Waals surface area contributed by atoms with Crippen LogP contribution in [0.15, 0.2) is 36.4 Å². The van der Waals surface area contributed by atoms with E-state index in [1.165, 1.54) is 0 Å². The van der Waals surface area contributed by atoms with Crippen molar-refractivity contribution in [1.29, 1.82) is 0 Å². The van der Waals surface area contributed by atoms with Crippen LogP contribution in [0.4, 0.5) is 0 Å². The van der Waals surface area contributed by atoms with Gasteiger partial charge in [0.1, 0.15) is 18.1 Å². The minimum absolute atomic E-state index is 0.426. The van der Waals surface area contributed by atoms with Crippen LogP contribution in [0.2, 0.25) is 0 Å². The molecule has 0 fully saturated rings. The third-order valence-electron chi connectivity index (χ3n) is 1.82. The molecule has 0 aliphatic rings. The maximum Gasteiger partial charge on any atom is 0.120 e. The third kappa shape index (κ3) is 4.51. The molecule has 0 unspecified atom stereocenters. The fourth-order valence-corrected chi connectivity index (χ4v) is 1.07. The predicted octanol–water partition coefficient (Wildman–Crippen LogP) is 2.01. The summed E-state index contributed by atoms with van der Waals surface area (Å²) in [6.07, 6.45) is 3.04. The molecule has 0 amide bonds. The minimum Gasteiger partial charge on any atom is -0.497 e. The maximum atomic E-state index is 8.96. The molecule has 0 spiro atoms. The van der Waals surface area contributed by atoms with Gasteiger partial charge in [-0.1, -0.05) is 6.08 Å². The smallest absolute Gasteiger partial charge is 0.120 e. The Morgan fingerprint density at radius 3 is 2.40 bits per heavy atom. The van der Waals surface area contributed by atoms with Gasteiger partial charge < -0.3 is 14.6 Å². The molecule has 0 saturated heterocycles. The Kier molecular flexibility index (Phi) is 4.71. The number of aliphatic hydroxyl groups is 1. The maximum absolute atomic E-state index is 8.96. The Balaban J connectivity index is 2.38. The van der Waals surface area contributed by atoms with E-state index in [-0.39, 0.29) is 0 Å². The van der Waals surface area contributed by atoms with Gasteiger partial charge in [-0.2, -0.15) is 0 Å². The fraction of sp³-hybridized carbons (Fsp3) is 0.333. The highest BCUT2D eigenvalue weighted by atomic mass is 16.5. The van der Waals surface area contributed by atoms with Crippen LogP contribution in [0.25, 0.3) is 0 Å². The van der Waals surface area contributed by atoms with Crippen LogP contribution in [-0.4, -0.2) is 24.9 Å². The minimum atomic E-state index is -0.426. The second kappa shape index (κ2) is 6.09. The molecule has 1 aromatic rings. The number of aliphatic hydroxyl groups excluding tert-OH is 1. The number of ether oxygens (including phenoxy) is 2. The van der Waals surface area contributed by atoms with Gasteiger partial charge in [-0.25, -0.2) is 0 Å². The van der Waals surface area contributed by atoms with Crippen molar-refractivity contribution in [2.24, 2.45) is 0 Å². The zero-order valence-electron chi connectivity index (χ0n) is 9.01. The van der Waals surface area contributed by atoms with Crippen LogP contribution in [0.5, 0.6) is 11.5 Å². The van der Waals surface area contributed by atoms with Gasteiger partial charge in [-0.15, -0.1) is 0 Å². The van der Waals surface area contributed by atoms with E-state index in [0.29, 0.717) is 6.61 Å². The number of methoxy groups -OCH3 is 1. The largest absolute Gasteiger partial charge is 0.497 e. The number of hydrogen-bond acceptors (Lipinski definition) is 3. The van der Waals surface area contributed by atoms with Gasteiger partial charge >= 0.3 is 0 Å². The Bertz CT molecular complexity index is 301. The van der Waals surface area contributed by atoms with Gasteiger partial charge in [0.25, 0.3) is 0 Å². The summed E-state index contributed by atoms with van der Waals surface area (Å²) in [6, 6.07) is 7.37. The van der Waals surface area contributed by atoms with Crippen molar-refractivity contribution in [2.75, 3.05) is 13.7 Å². The Morgan fingerprint density at radius 2 is 1.87 bits per heavy atom. The molecule has 0 aromatic heterocycles. The first-order chi connectivity index (χ1) is 7.22. The first-order valence-corrected chi connectivity index (χ1v) is 4.84. The van der Waals surface area contributed by atoms with Gasteiger partial charge in [0.05, 0.1) is 13.2 Å². The molecule has 0 saturated carbocycles. The molecular weight excluding hydrogens is 192 g/mol. The summed E-state index contributed by atoms with van der Waals surface area (Å²) in [4.78, 5) is 0. The van der Waals surface area contributed by atoms with Crippen LogP contribution in [0, 0.1) is 0 Å². The molecule has 0 aliphatic heterocycles. The van der Waals surface area contributed by atoms with E-state index in [2.05, 4.69) is 0 Å². The molecule has 1 rings (SSSR count). The fourth-order valence-electron chi connectivity index (χ4n) is 1.07. The highest BCUT2D eigenvalue weighted by Gasteiger charge is 1.93. The van der Waals surface area contributed by atoms with E-state index in [1.807, 2.05) is 24.3 Å². The van der Waals surface area contributed by atoms with E-state index in [4.69, 9.17) is 14.6 Å². The summed E-state index contributed by atoms with van der Waals surface area (Å²) in [5.41, 5.74) is 0. The highest BCUT2D eigenvalue weighted by molar-refractivity contribution is 5.31. The van der Waals surface area contributed by atoms with E-state index in [0.717, 1.165) is 11.5 Å². The molecule has 1 atom stereocenters. The van der Waals surface area contributed by atoms with E-state index in [9.17, 15) is 0 Å². The molecule has 0 aliphatic carbocycles. The van der Waals surface area contributed by atoms with Gasteiger partial charge in [-0.3, -0.25) is 0 Å². The van der Waals surface area contributed by atoms with Gasteiger partial charge in [0.2, 0.25) is 0 Å². The summed E-state index contributed by atoms with van der Waals surface area (Å²) >= 11 is 0. The standard InChI is InChI=1S/C12H16O3/c1-10(13)4-3-9-15-12-7-5-11(14-2)6-8-12/h3-8,10,13H,9H2,1-2H3/b4-3+/t10-/m0/s1. The molecule has 3 nitrogen and oxygen atoms in total.